The normalized spacial score (nSPS) is 23.8. The molecule has 0 bridgehead atoms. The summed E-state index contributed by atoms with van der Waals surface area (Å²) in [6, 6.07) is 6.29. The molecule has 1 unspecified atom stereocenters. The monoisotopic (exact) mass is 344 g/mol. The van der Waals surface area contributed by atoms with Gasteiger partial charge >= 0.3 is 6.03 Å². The zero-order chi connectivity index (χ0) is 17.2. The Morgan fingerprint density at radius 2 is 2.08 bits per heavy atom. The largest absolute Gasteiger partial charge is 0.379 e. The average Bonchev–Trinajstić information content (AvgIpc) is 3.23. The summed E-state index contributed by atoms with van der Waals surface area (Å²) in [6.45, 7) is 7.56. The number of urea groups is 1. The Labute approximate surface area is 149 Å². The highest BCUT2D eigenvalue weighted by Gasteiger charge is 2.28. The predicted octanol–water partition coefficient (Wildman–Crippen LogP) is 1.86. The van der Waals surface area contributed by atoms with E-state index in [1.807, 2.05) is 11.0 Å². The molecule has 2 amide bonds. The minimum absolute atomic E-state index is 0.0325. The predicted molar refractivity (Wildman–Crippen MR) is 99.4 cm³/mol. The number of fused-ring (bicyclic) bond motifs is 1. The maximum atomic E-state index is 12.6. The molecular formula is C19H28N4O2. The van der Waals surface area contributed by atoms with E-state index in [1.165, 1.54) is 11.3 Å². The number of carbonyl (C=O) groups is 1. The summed E-state index contributed by atoms with van der Waals surface area (Å²) in [6.07, 6.45) is 2.19. The molecule has 0 saturated carbocycles. The SMILES string of the molecule is CN1CCc2ccc(NC(=O)N3CCC(CN4CCOCC4)C3)cc21. The highest BCUT2D eigenvalue weighted by Crippen LogP contribution is 2.30. The summed E-state index contributed by atoms with van der Waals surface area (Å²) in [5, 5.41) is 3.09. The van der Waals surface area contributed by atoms with Gasteiger partial charge in [0.25, 0.3) is 0 Å². The number of anilines is 2. The molecule has 1 N–H and O–H groups in total. The first-order valence-corrected chi connectivity index (χ1v) is 9.39. The molecular weight excluding hydrogens is 316 g/mol. The van der Waals surface area contributed by atoms with E-state index in [9.17, 15) is 4.79 Å². The van der Waals surface area contributed by atoms with Crippen molar-refractivity contribution in [2.24, 2.45) is 5.92 Å². The van der Waals surface area contributed by atoms with Crippen LogP contribution in [0.25, 0.3) is 0 Å². The van der Waals surface area contributed by atoms with Crippen LogP contribution in [-0.2, 0) is 11.2 Å². The molecule has 3 aliphatic heterocycles. The molecule has 0 spiro atoms. The van der Waals surface area contributed by atoms with Gasteiger partial charge in [-0.3, -0.25) is 4.90 Å². The molecule has 136 valence electrons. The second-order valence-electron chi connectivity index (χ2n) is 7.46. The highest BCUT2D eigenvalue weighted by atomic mass is 16.5. The number of benzene rings is 1. The van der Waals surface area contributed by atoms with Gasteiger partial charge in [0.2, 0.25) is 0 Å². The lowest BCUT2D eigenvalue weighted by Gasteiger charge is -2.29. The third-order valence-corrected chi connectivity index (χ3v) is 5.66. The molecule has 4 rings (SSSR count). The summed E-state index contributed by atoms with van der Waals surface area (Å²) in [7, 11) is 2.11. The fourth-order valence-electron chi connectivity index (χ4n) is 4.13. The summed E-state index contributed by atoms with van der Waals surface area (Å²) >= 11 is 0. The first-order chi connectivity index (χ1) is 12.2. The number of hydrogen-bond donors (Lipinski definition) is 1. The van der Waals surface area contributed by atoms with E-state index < -0.39 is 0 Å². The molecule has 1 aromatic rings. The summed E-state index contributed by atoms with van der Waals surface area (Å²) in [4.78, 5) is 19.3. The van der Waals surface area contributed by atoms with Crippen LogP contribution in [0, 0.1) is 5.92 Å². The first kappa shape index (κ1) is 16.7. The minimum atomic E-state index is 0.0325. The molecule has 1 atom stereocenters. The van der Waals surface area contributed by atoms with Gasteiger partial charge in [0.1, 0.15) is 0 Å². The summed E-state index contributed by atoms with van der Waals surface area (Å²) in [5.41, 5.74) is 3.51. The van der Waals surface area contributed by atoms with Crippen molar-refractivity contribution in [1.29, 1.82) is 0 Å². The highest BCUT2D eigenvalue weighted by molar-refractivity contribution is 5.90. The van der Waals surface area contributed by atoms with Crippen LogP contribution in [0.2, 0.25) is 0 Å². The zero-order valence-corrected chi connectivity index (χ0v) is 15.0. The van der Waals surface area contributed by atoms with Crippen LogP contribution in [-0.4, -0.2) is 75.4 Å². The van der Waals surface area contributed by atoms with Crippen molar-refractivity contribution in [2.75, 3.05) is 69.7 Å². The Balaban J connectivity index is 1.31. The maximum absolute atomic E-state index is 12.6. The third-order valence-electron chi connectivity index (χ3n) is 5.66. The number of amides is 2. The molecule has 3 aliphatic rings. The Bertz CT molecular complexity index is 630. The van der Waals surface area contributed by atoms with Crippen molar-refractivity contribution in [3.63, 3.8) is 0 Å². The standard InChI is InChI=1S/C19H28N4O2/c1-21-6-5-16-2-3-17(12-18(16)21)20-19(24)23-7-4-15(14-23)13-22-8-10-25-11-9-22/h2-3,12,15H,4-11,13-14H2,1H3,(H,20,24). The maximum Gasteiger partial charge on any atom is 0.321 e. The van der Waals surface area contributed by atoms with Crippen LogP contribution in [0.15, 0.2) is 18.2 Å². The van der Waals surface area contributed by atoms with E-state index in [4.69, 9.17) is 4.74 Å². The van der Waals surface area contributed by atoms with Crippen molar-refractivity contribution in [2.45, 2.75) is 12.8 Å². The molecule has 6 nitrogen and oxygen atoms in total. The number of nitrogens with one attached hydrogen (secondary N) is 1. The molecule has 0 radical (unpaired) electrons. The van der Waals surface area contributed by atoms with Gasteiger partial charge in [0, 0.05) is 57.7 Å². The molecule has 2 saturated heterocycles. The fraction of sp³-hybridized carbons (Fsp3) is 0.632. The van der Waals surface area contributed by atoms with Gasteiger partial charge in [-0.05, 0) is 36.5 Å². The number of nitrogens with zero attached hydrogens (tertiary/aromatic N) is 3. The van der Waals surface area contributed by atoms with Gasteiger partial charge in [-0.25, -0.2) is 4.79 Å². The van der Waals surface area contributed by atoms with Crippen LogP contribution < -0.4 is 10.2 Å². The van der Waals surface area contributed by atoms with Crippen molar-refractivity contribution >= 4 is 17.4 Å². The molecule has 25 heavy (non-hydrogen) atoms. The lowest BCUT2D eigenvalue weighted by Crippen LogP contribution is -2.40. The quantitative estimate of drug-likeness (QED) is 0.909. The Hall–Kier alpha value is -1.79. The van der Waals surface area contributed by atoms with Crippen molar-refractivity contribution in [3.05, 3.63) is 23.8 Å². The van der Waals surface area contributed by atoms with Gasteiger partial charge in [-0.2, -0.15) is 0 Å². The molecule has 0 aliphatic carbocycles. The molecule has 2 fully saturated rings. The van der Waals surface area contributed by atoms with Crippen LogP contribution in [0.4, 0.5) is 16.2 Å². The smallest absolute Gasteiger partial charge is 0.321 e. The van der Waals surface area contributed by atoms with Gasteiger partial charge < -0.3 is 19.9 Å². The van der Waals surface area contributed by atoms with E-state index in [0.29, 0.717) is 5.92 Å². The Morgan fingerprint density at radius 1 is 1.24 bits per heavy atom. The van der Waals surface area contributed by atoms with Gasteiger partial charge in [-0.15, -0.1) is 0 Å². The molecule has 6 heteroatoms. The molecule has 0 aromatic heterocycles. The number of ether oxygens (including phenoxy) is 1. The minimum Gasteiger partial charge on any atom is -0.379 e. The number of likely N-dealkylation sites (tertiary alicyclic amines) is 1. The van der Waals surface area contributed by atoms with Gasteiger partial charge in [0.05, 0.1) is 13.2 Å². The van der Waals surface area contributed by atoms with E-state index in [1.54, 1.807) is 0 Å². The second kappa shape index (κ2) is 7.22. The third kappa shape index (κ3) is 3.75. The van der Waals surface area contributed by atoms with E-state index >= 15 is 0 Å². The zero-order valence-electron chi connectivity index (χ0n) is 15.0. The van der Waals surface area contributed by atoms with Crippen LogP contribution in [0.1, 0.15) is 12.0 Å². The van der Waals surface area contributed by atoms with Crippen molar-refractivity contribution in [1.82, 2.24) is 9.80 Å². The summed E-state index contributed by atoms with van der Waals surface area (Å²) in [5.74, 6) is 0.579. The number of rotatable bonds is 3. The molecule has 3 heterocycles. The lowest BCUT2D eigenvalue weighted by atomic mass is 10.1. The van der Waals surface area contributed by atoms with Crippen LogP contribution >= 0.6 is 0 Å². The van der Waals surface area contributed by atoms with Gasteiger partial charge in [0.15, 0.2) is 0 Å². The van der Waals surface area contributed by atoms with Crippen molar-refractivity contribution < 1.29 is 9.53 Å². The summed E-state index contributed by atoms with van der Waals surface area (Å²) < 4.78 is 5.41. The van der Waals surface area contributed by atoms with E-state index in [-0.39, 0.29) is 6.03 Å². The second-order valence-corrected chi connectivity index (χ2v) is 7.46. The number of likely N-dealkylation sites (N-methyl/N-ethyl adjacent to an activating group) is 1. The van der Waals surface area contributed by atoms with Gasteiger partial charge in [-0.1, -0.05) is 6.07 Å². The fourth-order valence-corrected chi connectivity index (χ4v) is 4.13. The number of hydrogen-bond acceptors (Lipinski definition) is 4. The van der Waals surface area contributed by atoms with Crippen LogP contribution in [0.5, 0.6) is 0 Å². The van der Waals surface area contributed by atoms with E-state index in [2.05, 4.69) is 34.3 Å². The first-order valence-electron chi connectivity index (χ1n) is 9.39. The molecule has 1 aromatic carbocycles. The Morgan fingerprint density at radius 3 is 2.92 bits per heavy atom. The Kier molecular flexibility index (Phi) is 4.81. The lowest BCUT2D eigenvalue weighted by molar-refractivity contribution is 0.0314. The topological polar surface area (TPSA) is 48.1 Å². The van der Waals surface area contributed by atoms with E-state index in [0.717, 1.165) is 71.0 Å². The number of carbonyl (C=O) groups excluding carboxylic acids is 1. The average molecular weight is 344 g/mol. The van der Waals surface area contributed by atoms with Crippen LogP contribution in [0.3, 0.4) is 0 Å². The number of morpholine rings is 1. The van der Waals surface area contributed by atoms with Crippen molar-refractivity contribution in [3.8, 4) is 0 Å².